The van der Waals surface area contributed by atoms with Gasteiger partial charge in [0.1, 0.15) is 0 Å². The first-order valence-electron chi connectivity index (χ1n) is 4.22. The Morgan fingerprint density at radius 3 is 2.09 bits per heavy atom. The standard InChI is InChI=1S/C8H15NO2/c1-8-6-10-4-2-9(8)3-5-11-7-8/h2-7H2,1H3. The molecule has 0 radical (unpaired) electrons. The van der Waals surface area contributed by atoms with Crippen molar-refractivity contribution in [3.05, 3.63) is 0 Å². The van der Waals surface area contributed by atoms with E-state index in [-0.39, 0.29) is 5.54 Å². The van der Waals surface area contributed by atoms with Crippen LogP contribution in [0.1, 0.15) is 6.92 Å². The number of hydrogen-bond acceptors (Lipinski definition) is 3. The molecule has 0 bridgehead atoms. The maximum Gasteiger partial charge on any atom is 0.0671 e. The molecule has 2 rings (SSSR count). The SMILES string of the molecule is CC12COCCN1CCOC2. The molecule has 0 spiro atoms. The molecule has 0 aromatic carbocycles. The van der Waals surface area contributed by atoms with Gasteiger partial charge in [-0.3, -0.25) is 4.90 Å². The molecule has 0 unspecified atom stereocenters. The molecule has 3 heteroatoms. The van der Waals surface area contributed by atoms with E-state index >= 15 is 0 Å². The molecule has 64 valence electrons. The van der Waals surface area contributed by atoms with Gasteiger partial charge < -0.3 is 9.47 Å². The minimum Gasteiger partial charge on any atom is -0.378 e. The van der Waals surface area contributed by atoms with Crippen molar-refractivity contribution in [1.29, 1.82) is 0 Å². The molecule has 0 aromatic rings. The molecule has 3 nitrogen and oxygen atoms in total. The van der Waals surface area contributed by atoms with Gasteiger partial charge in [-0.15, -0.1) is 0 Å². The van der Waals surface area contributed by atoms with Crippen LogP contribution >= 0.6 is 0 Å². The van der Waals surface area contributed by atoms with E-state index in [0.717, 1.165) is 39.5 Å². The van der Waals surface area contributed by atoms with Crippen LogP contribution in [0.15, 0.2) is 0 Å². The summed E-state index contributed by atoms with van der Waals surface area (Å²) >= 11 is 0. The van der Waals surface area contributed by atoms with Gasteiger partial charge in [0.25, 0.3) is 0 Å². The lowest BCUT2D eigenvalue weighted by Crippen LogP contribution is -2.61. The molecule has 2 saturated heterocycles. The fourth-order valence-electron chi connectivity index (χ4n) is 1.81. The number of morpholine rings is 2. The molecule has 2 fully saturated rings. The molecule has 0 amide bonds. The van der Waals surface area contributed by atoms with E-state index in [0.29, 0.717) is 0 Å². The highest BCUT2D eigenvalue weighted by atomic mass is 16.5. The van der Waals surface area contributed by atoms with E-state index in [4.69, 9.17) is 9.47 Å². The minimum atomic E-state index is 0.163. The number of hydrogen-bond donors (Lipinski definition) is 0. The third kappa shape index (κ3) is 1.28. The van der Waals surface area contributed by atoms with E-state index < -0.39 is 0 Å². The van der Waals surface area contributed by atoms with Crippen molar-refractivity contribution in [2.24, 2.45) is 0 Å². The fraction of sp³-hybridized carbons (Fsp3) is 1.00. The first kappa shape index (κ1) is 7.53. The lowest BCUT2D eigenvalue weighted by atomic mass is 10.00. The van der Waals surface area contributed by atoms with E-state index in [1.54, 1.807) is 0 Å². The number of fused-ring (bicyclic) bond motifs is 1. The summed E-state index contributed by atoms with van der Waals surface area (Å²) in [4.78, 5) is 2.47. The Morgan fingerprint density at radius 2 is 1.64 bits per heavy atom. The van der Waals surface area contributed by atoms with Crippen LogP contribution in [0.25, 0.3) is 0 Å². The highest BCUT2D eigenvalue weighted by Gasteiger charge is 2.37. The Kier molecular flexibility index (Phi) is 1.87. The summed E-state index contributed by atoms with van der Waals surface area (Å²) in [6.45, 7) is 7.77. The van der Waals surface area contributed by atoms with Crippen LogP contribution in [0, 0.1) is 0 Å². The van der Waals surface area contributed by atoms with Gasteiger partial charge in [0.05, 0.1) is 32.0 Å². The van der Waals surface area contributed by atoms with Crippen molar-refractivity contribution in [3.8, 4) is 0 Å². The second-order valence-electron chi connectivity index (χ2n) is 3.59. The summed E-state index contributed by atoms with van der Waals surface area (Å²) < 4.78 is 10.8. The van der Waals surface area contributed by atoms with Crippen molar-refractivity contribution in [2.45, 2.75) is 12.5 Å². The number of nitrogens with zero attached hydrogens (tertiary/aromatic N) is 1. The van der Waals surface area contributed by atoms with Crippen LogP contribution in [-0.4, -0.2) is 50.0 Å². The quantitative estimate of drug-likeness (QED) is 0.498. The maximum atomic E-state index is 5.42. The summed E-state index contributed by atoms with van der Waals surface area (Å²) in [5.74, 6) is 0. The number of ether oxygens (including phenoxy) is 2. The van der Waals surface area contributed by atoms with Crippen LogP contribution in [-0.2, 0) is 9.47 Å². The highest BCUT2D eigenvalue weighted by molar-refractivity contribution is 4.90. The Bertz CT molecular complexity index is 137. The van der Waals surface area contributed by atoms with Gasteiger partial charge in [-0.2, -0.15) is 0 Å². The Hall–Kier alpha value is -0.120. The Labute approximate surface area is 67.3 Å². The topological polar surface area (TPSA) is 21.7 Å². The van der Waals surface area contributed by atoms with Crippen LogP contribution < -0.4 is 0 Å². The molecule has 0 atom stereocenters. The molecule has 0 aliphatic carbocycles. The normalized spacial score (nSPS) is 31.4. The van der Waals surface area contributed by atoms with E-state index in [1.165, 1.54) is 0 Å². The molecule has 2 aliphatic rings. The maximum absolute atomic E-state index is 5.42. The van der Waals surface area contributed by atoms with E-state index in [9.17, 15) is 0 Å². The Balaban J connectivity index is 2.06. The summed E-state index contributed by atoms with van der Waals surface area (Å²) in [5.41, 5.74) is 0.163. The predicted molar refractivity (Wildman–Crippen MR) is 41.6 cm³/mol. The van der Waals surface area contributed by atoms with Crippen molar-refractivity contribution in [1.82, 2.24) is 4.90 Å². The predicted octanol–water partition coefficient (Wildman–Crippen LogP) is 0.107. The molecule has 2 aliphatic heterocycles. The summed E-state index contributed by atoms with van der Waals surface area (Å²) in [6.07, 6.45) is 0. The van der Waals surface area contributed by atoms with Gasteiger partial charge in [-0.25, -0.2) is 0 Å². The lowest BCUT2D eigenvalue weighted by Gasteiger charge is -2.47. The van der Waals surface area contributed by atoms with Crippen LogP contribution in [0.2, 0.25) is 0 Å². The third-order valence-corrected chi connectivity index (χ3v) is 2.60. The fourth-order valence-corrected chi connectivity index (χ4v) is 1.81. The average molecular weight is 157 g/mol. The minimum absolute atomic E-state index is 0.163. The van der Waals surface area contributed by atoms with Gasteiger partial charge in [0, 0.05) is 13.1 Å². The van der Waals surface area contributed by atoms with Gasteiger partial charge in [-0.05, 0) is 6.92 Å². The van der Waals surface area contributed by atoms with Gasteiger partial charge in [0.15, 0.2) is 0 Å². The molecule has 0 saturated carbocycles. The summed E-state index contributed by atoms with van der Waals surface area (Å²) in [5, 5.41) is 0. The molecule has 11 heavy (non-hydrogen) atoms. The van der Waals surface area contributed by atoms with Crippen molar-refractivity contribution < 1.29 is 9.47 Å². The molecule has 2 heterocycles. The average Bonchev–Trinajstić information content (AvgIpc) is 2.03. The first-order chi connectivity index (χ1) is 5.31. The molecular formula is C8H15NO2. The molecule has 0 N–H and O–H groups in total. The van der Waals surface area contributed by atoms with Crippen molar-refractivity contribution >= 4 is 0 Å². The largest absolute Gasteiger partial charge is 0.378 e. The van der Waals surface area contributed by atoms with Crippen LogP contribution in [0.4, 0.5) is 0 Å². The van der Waals surface area contributed by atoms with Crippen LogP contribution in [0.5, 0.6) is 0 Å². The smallest absolute Gasteiger partial charge is 0.0671 e. The zero-order chi connectivity index (χ0) is 7.73. The molecule has 0 aromatic heterocycles. The summed E-state index contributed by atoms with van der Waals surface area (Å²) in [7, 11) is 0. The van der Waals surface area contributed by atoms with E-state index in [1.807, 2.05) is 0 Å². The third-order valence-electron chi connectivity index (χ3n) is 2.60. The van der Waals surface area contributed by atoms with Crippen molar-refractivity contribution in [3.63, 3.8) is 0 Å². The second-order valence-corrected chi connectivity index (χ2v) is 3.59. The highest BCUT2D eigenvalue weighted by Crippen LogP contribution is 2.22. The lowest BCUT2D eigenvalue weighted by molar-refractivity contribution is -0.133. The van der Waals surface area contributed by atoms with Crippen LogP contribution in [0.3, 0.4) is 0 Å². The summed E-state index contributed by atoms with van der Waals surface area (Å²) in [6, 6.07) is 0. The second kappa shape index (κ2) is 2.73. The van der Waals surface area contributed by atoms with E-state index in [2.05, 4.69) is 11.8 Å². The zero-order valence-corrected chi connectivity index (χ0v) is 7.01. The first-order valence-corrected chi connectivity index (χ1v) is 4.22. The van der Waals surface area contributed by atoms with Gasteiger partial charge in [-0.1, -0.05) is 0 Å². The van der Waals surface area contributed by atoms with Gasteiger partial charge in [0.2, 0.25) is 0 Å². The van der Waals surface area contributed by atoms with Gasteiger partial charge >= 0.3 is 0 Å². The molecular weight excluding hydrogens is 142 g/mol. The van der Waals surface area contributed by atoms with Crippen molar-refractivity contribution in [2.75, 3.05) is 39.5 Å². The Morgan fingerprint density at radius 1 is 1.09 bits per heavy atom. The zero-order valence-electron chi connectivity index (χ0n) is 7.01. The monoisotopic (exact) mass is 157 g/mol. The number of rotatable bonds is 0.